The molecule has 0 unspecified atom stereocenters. The van der Waals surface area contributed by atoms with E-state index in [1.54, 1.807) is 32.8 Å². The molecule has 12 heteroatoms. The third-order valence-electron chi connectivity index (χ3n) is 5.09. The summed E-state index contributed by atoms with van der Waals surface area (Å²) in [5, 5.41) is 16.1. The van der Waals surface area contributed by atoms with Crippen LogP contribution in [-0.4, -0.2) is 52.5 Å². The molecule has 0 aliphatic rings. The van der Waals surface area contributed by atoms with Gasteiger partial charge in [-0.1, -0.05) is 30.3 Å². The number of benzene rings is 2. The van der Waals surface area contributed by atoms with Crippen LogP contribution in [0.3, 0.4) is 0 Å². The van der Waals surface area contributed by atoms with E-state index in [1.165, 1.54) is 16.9 Å². The van der Waals surface area contributed by atoms with Gasteiger partial charge in [0.25, 0.3) is 0 Å². The van der Waals surface area contributed by atoms with Crippen LogP contribution in [0.2, 0.25) is 0 Å². The quantitative estimate of drug-likeness (QED) is 0.174. The number of nitrogens with zero attached hydrogens (tertiary/aromatic N) is 2. The molecule has 2 heterocycles. The van der Waals surface area contributed by atoms with Gasteiger partial charge in [-0.25, -0.2) is 9.97 Å². The first-order chi connectivity index (χ1) is 18.6. The molecule has 2 aromatic carbocycles. The number of ether oxygens (including phenoxy) is 2. The second-order valence-electron chi connectivity index (χ2n) is 7.70. The largest absolute Gasteiger partial charge is 0.497 e. The first-order valence-electron chi connectivity index (χ1n) is 11.8. The maximum Gasteiger partial charge on any atom is 0.206 e. The number of thiazole rings is 1. The normalized spacial score (nSPS) is 9.95. The number of nitrogens with one attached hydrogen (secondary N) is 5. The summed E-state index contributed by atoms with van der Waals surface area (Å²) < 4.78 is 10.5. The zero-order valence-electron chi connectivity index (χ0n) is 21.2. The molecule has 0 aliphatic heterocycles. The highest BCUT2D eigenvalue weighted by Gasteiger charge is 2.03. The average molecular weight is 570 g/mol. The lowest BCUT2D eigenvalue weighted by atomic mass is 10.1. The van der Waals surface area contributed by atoms with E-state index in [0.717, 1.165) is 48.1 Å². The Kier molecular flexibility index (Phi) is 12.3. The van der Waals surface area contributed by atoms with Crippen molar-refractivity contribution < 1.29 is 9.47 Å². The Hall–Kier alpha value is -3.74. The van der Waals surface area contributed by atoms with Crippen molar-refractivity contribution in [3.8, 4) is 11.5 Å². The smallest absolute Gasteiger partial charge is 0.206 e. The van der Waals surface area contributed by atoms with Gasteiger partial charge >= 0.3 is 0 Å². The lowest BCUT2D eigenvalue weighted by molar-refractivity contribution is 0.409. The highest BCUT2D eigenvalue weighted by Crippen LogP contribution is 2.17. The number of hydrogen-bond acceptors (Lipinski definition) is 7. The van der Waals surface area contributed by atoms with E-state index in [2.05, 4.69) is 42.3 Å². The van der Waals surface area contributed by atoms with Gasteiger partial charge in [-0.15, -0.1) is 11.3 Å². The molecule has 4 aromatic rings. The van der Waals surface area contributed by atoms with E-state index >= 15 is 0 Å². The lowest BCUT2D eigenvalue weighted by Crippen LogP contribution is -2.30. The molecule has 0 saturated carbocycles. The zero-order chi connectivity index (χ0) is 27.0. The molecule has 0 radical (unpaired) electrons. The Labute approximate surface area is 237 Å². The van der Waals surface area contributed by atoms with Crippen LogP contribution in [0, 0.1) is 0 Å². The fourth-order valence-corrected chi connectivity index (χ4v) is 4.28. The molecule has 0 atom stereocenters. The predicted molar refractivity (Wildman–Crippen MR) is 163 cm³/mol. The molecule has 2 aromatic heterocycles. The molecule has 5 N–H and O–H groups in total. The number of para-hydroxylation sites is 1. The Bertz CT molecular complexity index is 1250. The monoisotopic (exact) mass is 569 g/mol. The Morgan fingerprint density at radius 3 is 2.39 bits per heavy atom. The third kappa shape index (κ3) is 10.3. The van der Waals surface area contributed by atoms with Crippen molar-refractivity contribution in [2.45, 2.75) is 12.8 Å². The number of anilines is 2. The van der Waals surface area contributed by atoms with Crippen molar-refractivity contribution in [1.82, 2.24) is 25.6 Å². The van der Waals surface area contributed by atoms with Gasteiger partial charge in [-0.3, -0.25) is 0 Å². The first kappa shape index (κ1) is 28.8. The summed E-state index contributed by atoms with van der Waals surface area (Å²) in [7, 11) is 3.35. The molecule has 0 bridgehead atoms. The topological polar surface area (TPSA) is 108 Å². The third-order valence-corrected chi connectivity index (χ3v) is 6.27. The predicted octanol–water partition coefficient (Wildman–Crippen LogP) is 4.63. The van der Waals surface area contributed by atoms with Gasteiger partial charge in [-0.05, 0) is 66.6 Å². The number of H-pyrrole nitrogens is 1. The standard InChI is InChI=1S/C13H16N4OS.C13H15N3OS2/c1-18-11-5-3-2-4-10(11)6-7-16-13(19)17-12-14-8-9-15-12;1-17-11-4-2-3-10(9-11)5-6-14-12(18)16-13-15-7-8-19-13/h2-5,8-9H,6-7H2,1H3,(H3,14,15,16,17,19);2-4,7-9H,5-6H2,1H3,(H2,14,15,16,18). The van der Waals surface area contributed by atoms with E-state index in [4.69, 9.17) is 33.9 Å². The highest BCUT2D eigenvalue weighted by atomic mass is 32.1. The lowest BCUT2D eigenvalue weighted by Gasteiger charge is -2.10. The number of thiocarbonyl (C=S) groups is 2. The van der Waals surface area contributed by atoms with E-state index in [1.807, 2.05) is 47.8 Å². The number of imidazole rings is 1. The minimum atomic E-state index is 0.546. The molecule has 0 saturated heterocycles. The van der Waals surface area contributed by atoms with Crippen molar-refractivity contribution in [1.29, 1.82) is 0 Å². The summed E-state index contributed by atoms with van der Waals surface area (Å²) in [6, 6.07) is 16.0. The van der Waals surface area contributed by atoms with Gasteiger partial charge in [0.2, 0.25) is 5.95 Å². The summed E-state index contributed by atoms with van der Waals surface area (Å²) in [5.41, 5.74) is 2.36. The number of methoxy groups -OCH3 is 2. The molecule has 0 spiro atoms. The molecule has 4 rings (SSSR count). The van der Waals surface area contributed by atoms with Gasteiger partial charge < -0.3 is 35.7 Å². The average Bonchev–Trinajstić information content (AvgIpc) is 3.64. The molecular formula is C26H31N7O2S3. The zero-order valence-corrected chi connectivity index (χ0v) is 23.6. The molecule has 0 amide bonds. The van der Waals surface area contributed by atoms with Crippen molar-refractivity contribution >= 4 is 57.1 Å². The number of hydrogen-bond donors (Lipinski definition) is 5. The van der Waals surface area contributed by atoms with Crippen LogP contribution < -0.4 is 30.7 Å². The van der Waals surface area contributed by atoms with Crippen molar-refractivity contribution in [3.05, 3.63) is 83.6 Å². The Morgan fingerprint density at radius 1 is 0.895 bits per heavy atom. The summed E-state index contributed by atoms with van der Waals surface area (Å²) in [4.78, 5) is 11.1. The van der Waals surface area contributed by atoms with Crippen LogP contribution in [0.5, 0.6) is 11.5 Å². The Morgan fingerprint density at radius 2 is 1.68 bits per heavy atom. The molecule has 38 heavy (non-hydrogen) atoms. The second kappa shape index (κ2) is 16.2. The van der Waals surface area contributed by atoms with Crippen molar-refractivity contribution in [2.24, 2.45) is 0 Å². The highest BCUT2D eigenvalue weighted by molar-refractivity contribution is 7.80. The molecule has 0 aliphatic carbocycles. The minimum Gasteiger partial charge on any atom is -0.497 e. The van der Waals surface area contributed by atoms with Gasteiger partial charge in [0.15, 0.2) is 15.4 Å². The van der Waals surface area contributed by atoms with E-state index in [0.29, 0.717) is 16.2 Å². The summed E-state index contributed by atoms with van der Waals surface area (Å²) in [6.45, 7) is 1.50. The van der Waals surface area contributed by atoms with E-state index in [9.17, 15) is 0 Å². The SMILES string of the molecule is COc1cccc(CCNC(=S)Nc2nccs2)c1.COc1ccccc1CCNC(=S)Nc1ncc[nH]1. The number of aromatic nitrogens is 3. The number of rotatable bonds is 10. The molecular weight excluding hydrogens is 539 g/mol. The van der Waals surface area contributed by atoms with Gasteiger partial charge in [0.1, 0.15) is 11.5 Å². The number of aromatic amines is 1. The Balaban J connectivity index is 0.000000211. The molecule has 9 nitrogen and oxygen atoms in total. The maximum atomic E-state index is 5.30. The summed E-state index contributed by atoms with van der Waals surface area (Å²) in [5.74, 6) is 2.41. The fourth-order valence-electron chi connectivity index (χ4n) is 3.28. The minimum absolute atomic E-state index is 0.546. The van der Waals surface area contributed by atoms with Crippen LogP contribution in [0.15, 0.2) is 72.5 Å². The van der Waals surface area contributed by atoms with Crippen LogP contribution in [0.4, 0.5) is 11.1 Å². The van der Waals surface area contributed by atoms with Gasteiger partial charge in [-0.2, -0.15) is 0 Å². The van der Waals surface area contributed by atoms with E-state index in [-0.39, 0.29) is 0 Å². The first-order valence-corrected chi connectivity index (χ1v) is 13.5. The van der Waals surface area contributed by atoms with Crippen LogP contribution >= 0.6 is 35.8 Å². The maximum absolute atomic E-state index is 5.30. The van der Waals surface area contributed by atoms with Crippen molar-refractivity contribution in [3.63, 3.8) is 0 Å². The summed E-state index contributed by atoms with van der Waals surface area (Å²) >= 11 is 11.9. The van der Waals surface area contributed by atoms with Crippen LogP contribution in [0.1, 0.15) is 11.1 Å². The second-order valence-corrected chi connectivity index (χ2v) is 9.41. The molecule has 0 fully saturated rings. The summed E-state index contributed by atoms with van der Waals surface area (Å²) in [6.07, 6.45) is 6.87. The van der Waals surface area contributed by atoms with Crippen LogP contribution in [-0.2, 0) is 12.8 Å². The van der Waals surface area contributed by atoms with Gasteiger partial charge in [0, 0.05) is 37.1 Å². The van der Waals surface area contributed by atoms with Crippen LogP contribution in [0.25, 0.3) is 0 Å². The fraction of sp³-hybridized carbons (Fsp3) is 0.231. The van der Waals surface area contributed by atoms with Gasteiger partial charge in [0.05, 0.1) is 14.2 Å². The van der Waals surface area contributed by atoms with Crippen molar-refractivity contribution in [2.75, 3.05) is 37.9 Å². The molecule has 200 valence electrons. The van der Waals surface area contributed by atoms with E-state index < -0.39 is 0 Å².